The molecule has 0 radical (unpaired) electrons. The Balaban J connectivity index is 2.85. The number of anilines is 1. The Morgan fingerprint density at radius 3 is 2.52 bits per heavy atom. The molecule has 118 valence electrons. The summed E-state index contributed by atoms with van der Waals surface area (Å²) >= 11 is 11.9. The fourth-order valence-corrected chi connectivity index (χ4v) is 3.26. The molecule has 1 rings (SSSR count). The van der Waals surface area contributed by atoms with Gasteiger partial charge in [0.1, 0.15) is 0 Å². The van der Waals surface area contributed by atoms with Crippen LogP contribution in [0.15, 0.2) is 18.2 Å². The summed E-state index contributed by atoms with van der Waals surface area (Å²) in [4.78, 5) is 11.4. The molecule has 5 nitrogen and oxygen atoms in total. The molecule has 0 aromatic heterocycles. The SMILES string of the molecule is CCCC(=O)NCCN(c1ccc(Cl)cc1Cl)S(C)(=O)=O. The molecule has 0 heterocycles. The maximum Gasteiger partial charge on any atom is 0.232 e. The molecule has 0 aliphatic heterocycles. The van der Waals surface area contributed by atoms with Crippen molar-refractivity contribution < 1.29 is 13.2 Å². The lowest BCUT2D eigenvalue weighted by Gasteiger charge is -2.23. The van der Waals surface area contributed by atoms with E-state index in [1.54, 1.807) is 12.1 Å². The summed E-state index contributed by atoms with van der Waals surface area (Å²) in [6, 6.07) is 4.59. The number of amides is 1. The number of carbonyl (C=O) groups excluding carboxylic acids is 1. The topological polar surface area (TPSA) is 66.5 Å². The van der Waals surface area contributed by atoms with Gasteiger partial charge in [0.25, 0.3) is 0 Å². The van der Waals surface area contributed by atoms with Crippen LogP contribution in [0.1, 0.15) is 19.8 Å². The summed E-state index contributed by atoms with van der Waals surface area (Å²) in [7, 11) is -3.51. The van der Waals surface area contributed by atoms with Crippen molar-refractivity contribution in [3.63, 3.8) is 0 Å². The predicted molar refractivity (Wildman–Crippen MR) is 86.6 cm³/mol. The highest BCUT2D eigenvalue weighted by atomic mass is 35.5. The molecule has 8 heteroatoms. The van der Waals surface area contributed by atoms with Gasteiger partial charge in [-0.2, -0.15) is 0 Å². The highest BCUT2D eigenvalue weighted by Gasteiger charge is 2.20. The summed E-state index contributed by atoms with van der Waals surface area (Å²) < 4.78 is 24.9. The van der Waals surface area contributed by atoms with Gasteiger partial charge in [-0.05, 0) is 24.6 Å². The van der Waals surface area contributed by atoms with E-state index in [-0.39, 0.29) is 24.0 Å². The van der Waals surface area contributed by atoms with Crippen LogP contribution in [0.3, 0.4) is 0 Å². The molecule has 0 atom stereocenters. The number of rotatable bonds is 7. The summed E-state index contributed by atoms with van der Waals surface area (Å²) in [5.41, 5.74) is 0.341. The van der Waals surface area contributed by atoms with Crippen LogP contribution in [0, 0.1) is 0 Å². The minimum atomic E-state index is -3.51. The fourth-order valence-electron chi connectivity index (χ4n) is 1.76. The van der Waals surface area contributed by atoms with Gasteiger partial charge in [0.05, 0.1) is 23.5 Å². The summed E-state index contributed by atoms with van der Waals surface area (Å²) in [6.07, 6.45) is 2.25. The molecule has 0 spiro atoms. The van der Waals surface area contributed by atoms with Crippen molar-refractivity contribution in [2.45, 2.75) is 19.8 Å². The van der Waals surface area contributed by atoms with Crippen molar-refractivity contribution in [3.05, 3.63) is 28.2 Å². The Labute approximate surface area is 135 Å². The minimum absolute atomic E-state index is 0.104. The Kier molecular flexibility index (Phi) is 6.77. The van der Waals surface area contributed by atoms with E-state index in [4.69, 9.17) is 23.2 Å². The van der Waals surface area contributed by atoms with E-state index in [0.29, 0.717) is 17.1 Å². The van der Waals surface area contributed by atoms with E-state index < -0.39 is 10.0 Å². The van der Waals surface area contributed by atoms with Gasteiger partial charge in [0.2, 0.25) is 15.9 Å². The van der Waals surface area contributed by atoms with E-state index >= 15 is 0 Å². The van der Waals surface area contributed by atoms with E-state index in [1.807, 2.05) is 6.92 Å². The lowest BCUT2D eigenvalue weighted by Crippen LogP contribution is -2.38. The molecule has 0 saturated heterocycles. The molecule has 0 fully saturated rings. The molecular formula is C13H18Cl2N2O3S. The maximum absolute atomic E-state index is 11.9. The molecule has 1 N–H and O–H groups in total. The summed E-state index contributed by atoms with van der Waals surface area (Å²) in [5, 5.41) is 3.34. The quantitative estimate of drug-likeness (QED) is 0.820. The van der Waals surface area contributed by atoms with E-state index in [1.165, 1.54) is 6.07 Å². The van der Waals surface area contributed by atoms with Gasteiger partial charge in [-0.25, -0.2) is 8.42 Å². The second-order valence-electron chi connectivity index (χ2n) is 4.53. The predicted octanol–water partition coefficient (Wildman–Crippen LogP) is 2.68. The van der Waals surface area contributed by atoms with Crippen molar-refractivity contribution >= 4 is 44.8 Å². The molecule has 0 aliphatic rings. The second-order valence-corrected chi connectivity index (χ2v) is 7.28. The third-order valence-electron chi connectivity index (χ3n) is 2.69. The average Bonchev–Trinajstić information content (AvgIpc) is 2.35. The first-order valence-electron chi connectivity index (χ1n) is 6.45. The van der Waals surface area contributed by atoms with Crippen LogP contribution in [0.25, 0.3) is 0 Å². The van der Waals surface area contributed by atoms with Gasteiger partial charge >= 0.3 is 0 Å². The highest BCUT2D eigenvalue weighted by Crippen LogP contribution is 2.30. The van der Waals surface area contributed by atoms with Crippen LogP contribution in [-0.4, -0.2) is 33.7 Å². The number of carbonyl (C=O) groups is 1. The van der Waals surface area contributed by atoms with Gasteiger partial charge in [-0.1, -0.05) is 30.1 Å². The van der Waals surface area contributed by atoms with Crippen LogP contribution < -0.4 is 9.62 Å². The fraction of sp³-hybridized carbons (Fsp3) is 0.462. The molecular weight excluding hydrogens is 335 g/mol. The largest absolute Gasteiger partial charge is 0.354 e. The molecule has 0 aliphatic carbocycles. The van der Waals surface area contributed by atoms with Crippen LogP contribution in [0.2, 0.25) is 10.0 Å². The average molecular weight is 353 g/mol. The van der Waals surface area contributed by atoms with Crippen LogP contribution in [-0.2, 0) is 14.8 Å². The molecule has 0 saturated carbocycles. The number of nitrogens with one attached hydrogen (secondary N) is 1. The van der Waals surface area contributed by atoms with Gasteiger partial charge in [0.15, 0.2) is 0 Å². The molecule has 1 amide bonds. The van der Waals surface area contributed by atoms with E-state index in [0.717, 1.165) is 17.0 Å². The number of benzene rings is 1. The zero-order valence-corrected chi connectivity index (χ0v) is 14.2. The smallest absolute Gasteiger partial charge is 0.232 e. The Hall–Kier alpha value is -0.980. The Morgan fingerprint density at radius 1 is 1.33 bits per heavy atom. The number of halogens is 2. The lowest BCUT2D eigenvalue weighted by molar-refractivity contribution is -0.121. The third kappa shape index (κ3) is 5.73. The zero-order valence-electron chi connectivity index (χ0n) is 11.9. The minimum Gasteiger partial charge on any atom is -0.354 e. The molecule has 1 aromatic carbocycles. The Morgan fingerprint density at radius 2 is 2.00 bits per heavy atom. The first-order valence-corrected chi connectivity index (χ1v) is 9.05. The Bertz CT molecular complexity index is 605. The van der Waals surface area contributed by atoms with Crippen LogP contribution in [0.4, 0.5) is 5.69 Å². The summed E-state index contributed by atoms with van der Waals surface area (Å²) in [6.45, 7) is 2.22. The molecule has 0 bridgehead atoms. The van der Waals surface area contributed by atoms with E-state index in [2.05, 4.69) is 5.32 Å². The standard InChI is InChI=1S/C13H18Cl2N2O3S/c1-3-4-13(18)16-7-8-17(21(2,19)20)12-6-5-10(14)9-11(12)15/h5-6,9H,3-4,7-8H2,1-2H3,(H,16,18). The monoisotopic (exact) mass is 352 g/mol. The normalized spacial score (nSPS) is 11.2. The van der Waals surface area contributed by atoms with Gasteiger partial charge < -0.3 is 5.32 Å². The van der Waals surface area contributed by atoms with Crippen LogP contribution >= 0.6 is 23.2 Å². The number of sulfonamides is 1. The number of nitrogens with zero attached hydrogens (tertiary/aromatic N) is 1. The van der Waals surface area contributed by atoms with Crippen molar-refractivity contribution in [2.24, 2.45) is 0 Å². The molecule has 1 aromatic rings. The summed E-state index contributed by atoms with van der Waals surface area (Å²) in [5.74, 6) is -0.104. The van der Waals surface area contributed by atoms with Crippen molar-refractivity contribution in [1.82, 2.24) is 5.32 Å². The van der Waals surface area contributed by atoms with Gasteiger partial charge in [-0.3, -0.25) is 9.10 Å². The first-order chi connectivity index (χ1) is 9.75. The van der Waals surface area contributed by atoms with Crippen molar-refractivity contribution in [2.75, 3.05) is 23.7 Å². The molecule has 21 heavy (non-hydrogen) atoms. The van der Waals surface area contributed by atoms with E-state index in [9.17, 15) is 13.2 Å². The zero-order chi connectivity index (χ0) is 16.0. The maximum atomic E-state index is 11.9. The second kappa shape index (κ2) is 7.87. The van der Waals surface area contributed by atoms with Crippen molar-refractivity contribution in [3.8, 4) is 0 Å². The van der Waals surface area contributed by atoms with Crippen LogP contribution in [0.5, 0.6) is 0 Å². The first kappa shape index (κ1) is 18.1. The van der Waals surface area contributed by atoms with Gasteiger partial charge in [-0.15, -0.1) is 0 Å². The highest BCUT2D eigenvalue weighted by molar-refractivity contribution is 7.92. The molecule has 0 unspecified atom stereocenters. The number of hydrogen-bond donors (Lipinski definition) is 1. The van der Waals surface area contributed by atoms with Crippen molar-refractivity contribution in [1.29, 1.82) is 0 Å². The number of hydrogen-bond acceptors (Lipinski definition) is 3. The van der Waals surface area contributed by atoms with Gasteiger partial charge in [0, 0.05) is 18.0 Å². The lowest BCUT2D eigenvalue weighted by atomic mass is 10.3. The third-order valence-corrected chi connectivity index (χ3v) is 4.41.